The molecule has 1 heterocycles. The Morgan fingerprint density at radius 1 is 1.80 bits per heavy atom. The van der Waals surface area contributed by atoms with Gasteiger partial charge in [0, 0.05) is 6.54 Å². The first-order chi connectivity index (χ1) is 4.83. The van der Waals surface area contributed by atoms with Crippen molar-refractivity contribution in [3.05, 3.63) is 15.0 Å². The first-order valence-electron chi connectivity index (χ1n) is 3.14. The number of halogens is 1. The van der Waals surface area contributed by atoms with Crippen LogP contribution in [0, 0.1) is 0 Å². The first-order valence-corrected chi connectivity index (χ1v) is 4.74. The van der Waals surface area contributed by atoms with E-state index in [-0.39, 0.29) is 0 Å². The van der Waals surface area contributed by atoms with Crippen molar-refractivity contribution in [3.8, 4) is 0 Å². The molecule has 0 aliphatic carbocycles. The van der Waals surface area contributed by atoms with Crippen molar-refractivity contribution in [2.75, 3.05) is 6.54 Å². The summed E-state index contributed by atoms with van der Waals surface area (Å²) in [6.07, 6.45) is 1.83. The van der Waals surface area contributed by atoms with Gasteiger partial charge in [0.2, 0.25) is 0 Å². The molecule has 0 fully saturated rings. The average molecular weight is 221 g/mol. The van der Waals surface area contributed by atoms with E-state index in [9.17, 15) is 0 Å². The normalized spacial score (nSPS) is 10.2. The Balaban J connectivity index is 2.42. The molecule has 1 N–H and O–H groups in total. The van der Waals surface area contributed by atoms with Crippen molar-refractivity contribution in [2.24, 2.45) is 0 Å². The number of nitrogens with zero attached hydrogens (tertiary/aromatic N) is 1. The van der Waals surface area contributed by atoms with Crippen molar-refractivity contribution in [3.63, 3.8) is 0 Å². The van der Waals surface area contributed by atoms with Crippen LogP contribution in [0.3, 0.4) is 0 Å². The lowest BCUT2D eigenvalue weighted by Gasteiger charge is -1.93. The van der Waals surface area contributed by atoms with Crippen LogP contribution in [0.4, 0.5) is 0 Å². The molecule has 0 saturated carbocycles. The van der Waals surface area contributed by atoms with Crippen molar-refractivity contribution >= 4 is 27.3 Å². The van der Waals surface area contributed by atoms with Crippen LogP contribution < -0.4 is 5.32 Å². The van der Waals surface area contributed by atoms with Crippen LogP contribution >= 0.6 is 27.3 Å². The monoisotopic (exact) mass is 220 g/mol. The highest BCUT2D eigenvalue weighted by Gasteiger charge is 1.96. The van der Waals surface area contributed by atoms with Crippen LogP contribution in [0.5, 0.6) is 0 Å². The summed E-state index contributed by atoms with van der Waals surface area (Å²) in [4.78, 5) is 4.16. The van der Waals surface area contributed by atoms with Crippen LogP contribution in [0.25, 0.3) is 0 Å². The molecule has 1 aromatic rings. The Labute approximate surface area is 72.8 Å². The molecule has 0 aliphatic heterocycles. The van der Waals surface area contributed by atoms with E-state index >= 15 is 0 Å². The van der Waals surface area contributed by atoms with E-state index in [2.05, 4.69) is 33.2 Å². The number of hydrogen-bond donors (Lipinski definition) is 1. The van der Waals surface area contributed by atoms with Crippen molar-refractivity contribution in [1.29, 1.82) is 0 Å². The zero-order valence-electron chi connectivity index (χ0n) is 5.72. The van der Waals surface area contributed by atoms with Gasteiger partial charge in [-0.25, -0.2) is 4.98 Å². The molecule has 1 aromatic heterocycles. The Hall–Kier alpha value is 0.0700. The third-order valence-electron chi connectivity index (χ3n) is 1.05. The fourth-order valence-electron chi connectivity index (χ4n) is 0.602. The number of hydrogen-bond acceptors (Lipinski definition) is 3. The van der Waals surface area contributed by atoms with Gasteiger partial charge in [0.15, 0.2) is 0 Å². The molecule has 4 heteroatoms. The van der Waals surface area contributed by atoms with Gasteiger partial charge in [0.1, 0.15) is 5.01 Å². The van der Waals surface area contributed by atoms with Gasteiger partial charge < -0.3 is 5.32 Å². The second kappa shape index (κ2) is 4.05. The molecule has 1 rings (SSSR count). The van der Waals surface area contributed by atoms with Gasteiger partial charge in [-0.05, 0) is 22.5 Å². The van der Waals surface area contributed by atoms with Crippen LogP contribution in [0.1, 0.15) is 11.9 Å². The molecule has 0 aliphatic rings. The number of aromatic nitrogens is 1. The quantitative estimate of drug-likeness (QED) is 0.844. The van der Waals surface area contributed by atoms with Crippen molar-refractivity contribution in [1.82, 2.24) is 10.3 Å². The largest absolute Gasteiger partial charge is 0.311 e. The van der Waals surface area contributed by atoms with Gasteiger partial charge in [-0.15, -0.1) is 11.3 Å². The second-order valence-electron chi connectivity index (χ2n) is 1.84. The minimum Gasteiger partial charge on any atom is -0.311 e. The van der Waals surface area contributed by atoms with Crippen LogP contribution in [0.15, 0.2) is 9.98 Å². The lowest BCUT2D eigenvalue weighted by Crippen LogP contribution is -2.11. The number of rotatable bonds is 3. The van der Waals surface area contributed by atoms with E-state index in [4.69, 9.17) is 0 Å². The molecule has 56 valence electrons. The SMILES string of the molecule is CCNCc1ncc(Br)s1. The minimum atomic E-state index is 0.882. The van der Waals surface area contributed by atoms with E-state index in [1.165, 1.54) is 0 Å². The zero-order chi connectivity index (χ0) is 7.40. The molecule has 0 aromatic carbocycles. The maximum atomic E-state index is 4.16. The minimum absolute atomic E-state index is 0.882. The summed E-state index contributed by atoms with van der Waals surface area (Å²) in [7, 11) is 0. The third-order valence-corrected chi connectivity index (χ3v) is 2.53. The Bertz CT molecular complexity index is 199. The van der Waals surface area contributed by atoms with E-state index in [0.717, 1.165) is 21.9 Å². The summed E-state index contributed by atoms with van der Waals surface area (Å²) in [5.74, 6) is 0. The molecular formula is C6H9BrN2S. The molecule has 0 unspecified atom stereocenters. The molecule has 0 bridgehead atoms. The maximum absolute atomic E-state index is 4.16. The predicted molar refractivity (Wildman–Crippen MR) is 47.2 cm³/mol. The number of nitrogens with one attached hydrogen (secondary N) is 1. The summed E-state index contributed by atoms with van der Waals surface area (Å²) in [5.41, 5.74) is 0. The Kier molecular flexibility index (Phi) is 3.31. The molecular weight excluding hydrogens is 212 g/mol. The van der Waals surface area contributed by atoms with E-state index in [1.54, 1.807) is 11.3 Å². The highest BCUT2D eigenvalue weighted by molar-refractivity contribution is 9.11. The summed E-state index contributed by atoms with van der Waals surface area (Å²) in [5, 5.41) is 4.34. The van der Waals surface area contributed by atoms with Gasteiger partial charge in [0.25, 0.3) is 0 Å². The maximum Gasteiger partial charge on any atom is 0.107 e. The van der Waals surface area contributed by atoms with E-state index in [1.807, 2.05) is 6.20 Å². The van der Waals surface area contributed by atoms with Gasteiger partial charge in [-0.2, -0.15) is 0 Å². The molecule has 0 radical (unpaired) electrons. The molecule has 0 amide bonds. The number of thiazole rings is 1. The van der Waals surface area contributed by atoms with Gasteiger partial charge in [0.05, 0.1) is 9.98 Å². The van der Waals surface area contributed by atoms with Gasteiger partial charge in [-0.3, -0.25) is 0 Å². The average Bonchev–Trinajstić information content (AvgIpc) is 2.31. The lowest BCUT2D eigenvalue weighted by atomic mass is 10.6. The summed E-state index contributed by atoms with van der Waals surface area (Å²) in [6.45, 7) is 3.96. The standard InChI is InChI=1S/C6H9BrN2S/c1-2-8-4-6-9-3-5(7)10-6/h3,8H,2,4H2,1H3. The fourth-order valence-corrected chi connectivity index (χ4v) is 1.87. The Morgan fingerprint density at radius 2 is 2.60 bits per heavy atom. The lowest BCUT2D eigenvalue weighted by molar-refractivity contribution is 0.722. The summed E-state index contributed by atoms with van der Waals surface area (Å²) >= 11 is 5.02. The highest BCUT2D eigenvalue weighted by Crippen LogP contribution is 2.18. The molecule has 10 heavy (non-hydrogen) atoms. The van der Waals surface area contributed by atoms with Gasteiger partial charge >= 0.3 is 0 Å². The molecule has 0 saturated heterocycles. The van der Waals surface area contributed by atoms with Crippen LogP contribution in [-0.2, 0) is 6.54 Å². The Morgan fingerprint density at radius 3 is 3.10 bits per heavy atom. The van der Waals surface area contributed by atoms with Crippen LogP contribution in [-0.4, -0.2) is 11.5 Å². The van der Waals surface area contributed by atoms with Crippen LogP contribution in [0.2, 0.25) is 0 Å². The smallest absolute Gasteiger partial charge is 0.107 e. The van der Waals surface area contributed by atoms with Gasteiger partial charge in [-0.1, -0.05) is 6.92 Å². The predicted octanol–water partition coefficient (Wildman–Crippen LogP) is 2.02. The summed E-state index contributed by atoms with van der Waals surface area (Å²) < 4.78 is 1.10. The van der Waals surface area contributed by atoms with E-state index in [0.29, 0.717) is 0 Å². The molecule has 0 atom stereocenters. The molecule has 2 nitrogen and oxygen atoms in total. The third kappa shape index (κ3) is 2.36. The topological polar surface area (TPSA) is 24.9 Å². The fraction of sp³-hybridized carbons (Fsp3) is 0.500. The van der Waals surface area contributed by atoms with E-state index < -0.39 is 0 Å². The summed E-state index contributed by atoms with van der Waals surface area (Å²) in [6, 6.07) is 0. The zero-order valence-corrected chi connectivity index (χ0v) is 8.13. The second-order valence-corrected chi connectivity index (χ2v) is 4.33. The van der Waals surface area contributed by atoms with Crippen molar-refractivity contribution < 1.29 is 0 Å². The van der Waals surface area contributed by atoms with Crippen molar-refractivity contribution in [2.45, 2.75) is 13.5 Å². The highest BCUT2D eigenvalue weighted by atomic mass is 79.9. The first kappa shape index (κ1) is 8.17. The molecule has 0 spiro atoms.